The van der Waals surface area contributed by atoms with Gasteiger partial charge < -0.3 is 5.32 Å². The molecule has 0 spiro atoms. The predicted molar refractivity (Wildman–Crippen MR) is 81.4 cm³/mol. The van der Waals surface area contributed by atoms with Gasteiger partial charge in [-0.3, -0.25) is 0 Å². The summed E-state index contributed by atoms with van der Waals surface area (Å²) in [5.41, 5.74) is 1.36. The molecule has 1 heterocycles. The molecule has 2 rings (SSSR count). The number of aromatic nitrogens is 1. The summed E-state index contributed by atoms with van der Waals surface area (Å²) >= 11 is 1.71. The van der Waals surface area contributed by atoms with E-state index in [4.69, 9.17) is 0 Å². The summed E-state index contributed by atoms with van der Waals surface area (Å²) in [6.45, 7) is 7.36. The third kappa shape index (κ3) is 4.69. The van der Waals surface area contributed by atoms with E-state index < -0.39 is 0 Å². The van der Waals surface area contributed by atoms with Crippen LogP contribution in [0.3, 0.4) is 0 Å². The lowest BCUT2D eigenvalue weighted by Crippen LogP contribution is -2.35. The Labute approximate surface area is 119 Å². The van der Waals surface area contributed by atoms with Crippen LogP contribution in [0, 0.1) is 0 Å². The van der Waals surface area contributed by atoms with Crippen molar-refractivity contribution in [3.63, 3.8) is 0 Å². The van der Waals surface area contributed by atoms with Gasteiger partial charge >= 0.3 is 0 Å². The van der Waals surface area contributed by atoms with Crippen LogP contribution in [-0.4, -0.2) is 10.5 Å². The van der Waals surface area contributed by atoms with Gasteiger partial charge in [0.15, 0.2) is 0 Å². The van der Waals surface area contributed by atoms with Crippen LogP contribution < -0.4 is 5.32 Å². The number of pyridine rings is 1. The van der Waals surface area contributed by atoms with Crippen molar-refractivity contribution in [3.05, 3.63) is 54.2 Å². The van der Waals surface area contributed by atoms with E-state index in [1.165, 1.54) is 10.5 Å². The molecule has 1 N–H and O–H groups in total. The molecule has 0 fully saturated rings. The Hall–Kier alpha value is -1.32. The molecule has 0 atom stereocenters. The second-order valence-electron chi connectivity index (χ2n) is 5.49. The minimum absolute atomic E-state index is 0.116. The second kappa shape index (κ2) is 6.22. The monoisotopic (exact) mass is 272 g/mol. The maximum Gasteiger partial charge on any atom is 0.105 e. The summed E-state index contributed by atoms with van der Waals surface area (Å²) in [6.07, 6.45) is 1.85. The summed E-state index contributed by atoms with van der Waals surface area (Å²) in [6, 6.07) is 14.5. The minimum atomic E-state index is 0.116. The van der Waals surface area contributed by atoms with E-state index in [0.717, 1.165) is 11.6 Å². The summed E-state index contributed by atoms with van der Waals surface area (Å²) < 4.78 is 0. The number of benzene rings is 1. The van der Waals surface area contributed by atoms with Crippen molar-refractivity contribution in [3.8, 4) is 0 Å². The third-order valence-corrected chi connectivity index (χ3v) is 3.69. The lowest BCUT2D eigenvalue weighted by molar-refractivity contribution is 0.422. The molecule has 1 aromatic carbocycles. The maximum absolute atomic E-state index is 4.50. The molecule has 0 unspecified atom stereocenters. The zero-order chi connectivity index (χ0) is 13.7. The van der Waals surface area contributed by atoms with Gasteiger partial charge in [0.25, 0.3) is 0 Å². The Morgan fingerprint density at radius 1 is 1.05 bits per heavy atom. The number of nitrogens with one attached hydrogen (secondary N) is 1. The van der Waals surface area contributed by atoms with Gasteiger partial charge in [0.1, 0.15) is 5.03 Å². The first kappa shape index (κ1) is 14.1. The normalized spacial score (nSPS) is 11.5. The fraction of sp³-hybridized carbons (Fsp3) is 0.312. The van der Waals surface area contributed by atoms with E-state index in [-0.39, 0.29) is 5.54 Å². The summed E-state index contributed by atoms with van der Waals surface area (Å²) in [7, 11) is 0. The zero-order valence-electron chi connectivity index (χ0n) is 11.7. The van der Waals surface area contributed by atoms with Crippen molar-refractivity contribution in [2.45, 2.75) is 42.8 Å². The Balaban J connectivity index is 2.12. The summed E-state index contributed by atoms with van der Waals surface area (Å²) in [4.78, 5) is 5.72. The van der Waals surface area contributed by atoms with Gasteiger partial charge in [-0.1, -0.05) is 36.0 Å². The van der Waals surface area contributed by atoms with Crippen LogP contribution >= 0.6 is 11.8 Å². The van der Waals surface area contributed by atoms with Gasteiger partial charge in [-0.25, -0.2) is 4.98 Å². The van der Waals surface area contributed by atoms with Crippen molar-refractivity contribution >= 4 is 11.8 Å². The molecule has 100 valence electrons. The second-order valence-corrected chi connectivity index (χ2v) is 6.55. The highest BCUT2D eigenvalue weighted by atomic mass is 32.2. The molecule has 0 aliphatic carbocycles. The molecule has 0 amide bonds. The molecule has 1 aromatic heterocycles. The van der Waals surface area contributed by atoms with Gasteiger partial charge in [0.2, 0.25) is 0 Å². The van der Waals surface area contributed by atoms with Gasteiger partial charge in [-0.2, -0.15) is 0 Å². The Bertz CT molecular complexity index is 518. The third-order valence-electron chi connectivity index (χ3n) is 2.62. The Morgan fingerprint density at radius 3 is 2.47 bits per heavy atom. The quantitative estimate of drug-likeness (QED) is 0.906. The first-order valence-electron chi connectivity index (χ1n) is 6.46. The number of rotatable bonds is 4. The van der Waals surface area contributed by atoms with Crippen LogP contribution in [-0.2, 0) is 6.54 Å². The maximum atomic E-state index is 4.50. The molecular formula is C16H20N2S. The van der Waals surface area contributed by atoms with Gasteiger partial charge in [-0.15, -0.1) is 0 Å². The van der Waals surface area contributed by atoms with Crippen molar-refractivity contribution in [1.29, 1.82) is 0 Å². The van der Waals surface area contributed by atoms with E-state index in [9.17, 15) is 0 Å². The highest BCUT2D eigenvalue weighted by molar-refractivity contribution is 7.99. The van der Waals surface area contributed by atoms with E-state index in [1.54, 1.807) is 11.8 Å². The first-order valence-corrected chi connectivity index (χ1v) is 7.28. The van der Waals surface area contributed by atoms with Crippen molar-refractivity contribution < 1.29 is 0 Å². The fourth-order valence-electron chi connectivity index (χ4n) is 1.61. The van der Waals surface area contributed by atoms with Crippen LogP contribution in [0.4, 0.5) is 0 Å². The largest absolute Gasteiger partial charge is 0.308 e. The van der Waals surface area contributed by atoms with Crippen LogP contribution in [0.5, 0.6) is 0 Å². The molecule has 0 saturated heterocycles. The lowest BCUT2D eigenvalue weighted by Gasteiger charge is -2.21. The highest BCUT2D eigenvalue weighted by Gasteiger charge is 2.11. The first-order chi connectivity index (χ1) is 9.04. The van der Waals surface area contributed by atoms with Crippen LogP contribution in [0.15, 0.2) is 58.6 Å². The number of hydrogen-bond donors (Lipinski definition) is 1. The Morgan fingerprint density at radius 2 is 1.79 bits per heavy atom. The van der Waals surface area contributed by atoms with E-state index >= 15 is 0 Å². The zero-order valence-corrected chi connectivity index (χ0v) is 12.5. The van der Waals surface area contributed by atoms with E-state index in [2.05, 4.69) is 61.4 Å². The average Bonchev–Trinajstić information content (AvgIpc) is 2.38. The van der Waals surface area contributed by atoms with Crippen LogP contribution in [0.25, 0.3) is 0 Å². The minimum Gasteiger partial charge on any atom is -0.308 e. The van der Waals surface area contributed by atoms with Crippen molar-refractivity contribution in [2.24, 2.45) is 0 Å². The smallest absolute Gasteiger partial charge is 0.105 e. The van der Waals surface area contributed by atoms with Gasteiger partial charge in [0, 0.05) is 23.2 Å². The highest BCUT2D eigenvalue weighted by Crippen LogP contribution is 2.28. The van der Waals surface area contributed by atoms with E-state index in [1.807, 2.05) is 18.3 Å². The molecule has 3 heteroatoms. The predicted octanol–water partition coefficient (Wildman–Crippen LogP) is 4.12. The van der Waals surface area contributed by atoms with Crippen molar-refractivity contribution in [2.75, 3.05) is 0 Å². The molecule has 0 radical (unpaired) electrons. The molecule has 19 heavy (non-hydrogen) atoms. The average molecular weight is 272 g/mol. The summed E-state index contributed by atoms with van der Waals surface area (Å²) in [5, 5.41) is 4.59. The van der Waals surface area contributed by atoms with Crippen molar-refractivity contribution in [1.82, 2.24) is 10.3 Å². The molecule has 0 aliphatic rings. The van der Waals surface area contributed by atoms with Crippen LogP contribution in [0.1, 0.15) is 26.3 Å². The fourth-order valence-corrected chi connectivity index (χ4v) is 2.51. The molecule has 0 saturated carbocycles. The Kier molecular flexibility index (Phi) is 4.61. The summed E-state index contributed by atoms with van der Waals surface area (Å²) in [5.74, 6) is 0. The number of hydrogen-bond acceptors (Lipinski definition) is 3. The lowest BCUT2D eigenvalue weighted by atomic mass is 10.1. The molecular weight excluding hydrogens is 252 g/mol. The topological polar surface area (TPSA) is 24.9 Å². The van der Waals surface area contributed by atoms with Crippen LogP contribution in [0.2, 0.25) is 0 Å². The molecule has 2 aromatic rings. The SMILES string of the molecule is CC(C)(C)NCc1cccnc1Sc1ccccc1. The van der Waals surface area contributed by atoms with Gasteiger partial charge in [-0.05, 0) is 44.5 Å². The molecule has 2 nitrogen and oxygen atoms in total. The molecule has 0 aliphatic heterocycles. The van der Waals surface area contributed by atoms with E-state index in [0.29, 0.717) is 0 Å². The molecule has 0 bridgehead atoms. The number of nitrogens with zero attached hydrogens (tertiary/aromatic N) is 1. The van der Waals surface area contributed by atoms with Gasteiger partial charge in [0.05, 0.1) is 0 Å². The standard InChI is InChI=1S/C16H20N2S/c1-16(2,3)18-12-13-8-7-11-17-15(13)19-14-9-5-4-6-10-14/h4-11,18H,12H2,1-3H3.